The van der Waals surface area contributed by atoms with Gasteiger partial charge in [0.25, 0.3) is 0 Å². The van der Waals surface area contributed by atoms with E-state index in [-0.39, 0.29) is 18.1 Å². The highest BCUT2D eigenvalue weighted by atomic mass is 32.2. The fourth-order valence-corrected chi connectivity index (χ4v) is 5.27. The fraction of sp³-hybridized carbons (Fsp3) is 0.538. The zero-order chi connectivity index (χ0) is 14.8. The fourth-order valence-electron chi connectivity index (χ4n) is 2.28. The van der Waals surface area contributed by atoms with Crippen LogP contribution in [0, 0.1) is 5.82 Å². The summed E-state index contributed by atoms with van der Waals surface area (Å²) in [5, 5.41) is -0.585. The van der Waals surface area contributed by atoms with Crippen LogP contribution in [0.3, 0.4) is 0 Å². The minimum absolute atomic E-state index is 0.0911. The molecule has 0 bridgehead atoms. The summed E-state index contributed by atoms with van der Waals surface area (Å²) in [7, 11) is -3.20. The van der Waals surface area contributed by atoms with Crippen molar-refractivity contribution in [1.29, 1.82) is 0 Å². The Morgan fingerprint density at radius 2 is 2.20 bits per heavy atom. The molecule has 1 aromatic carbocycles. The van der Waals surface area contributed by atoms with E-state index < -0.39 is 15.2 Å². The summed E-state index contributed by atoms with van der Waals surface area (Å²) in [6, 6.07) is 4.54. The second kappa shape index (κ2) is 6.32. The van der Waals surface area contributed by atoms with Crippen molar-refractivity contribution in [3.8, 4) is 0 Å². The zero-order valence-electron chi connectivity index (χ0n) is 11.4. The summed E-state index contributed by atoms with van der Waals surface area (Å²) in [6.45, 7) is 2.48. The Morgan fingerprint density at radius 3 is 2.85 bits per heavy atom. The maximum Gasteiger partial charge on any atom is 0.171 e. The lowest BCUT2D eigenvalue weighted by atomic mass is 10.2. The van der Waals surface area contributed by atoms with E-state index in [0.29, 0.717) is 23.5 Å². The highest BCUT2D eigenvalue weighted by Crippen LogP contribution is 2.28. The van der Waals surface area contributed by atoms with Crippen molar-refractivity contribution in [2.24, 2.45) is 5.73 Å². The molecule has 1 unspecified atom stereocenters. The highest BCUT2D eigenvalue weighted by Gasteiger charge is 2.33. The molecule has 7 heteroatoms. The summed E-state index contributed by atoms with van der Waals surface area (Å²) in [6.07, 6.45) is 0. The summed E-state index contributed by atoms with van der Waals surface area (Å²) in [5.41, 5.74) is 6.83. The van der Waals surface area contributed by atoms with Crippen molar-refractivity contribution >= 4 is 27.3 Å². The molecule has 1 saturated heterocycles. The van der Waals surface area contributed by atoms with Crippen LogP contribution < -0.4 is 10.6 Å². The lowest BCUT2D eigenvalue weighted by Crippen LogP contribution is -2.48. The normalized spacial score (nSPS) is 20.1. The molecule has 1 fully saturated rings. The van der Waals surface area contributed by atoms with Crippen LogP contribution in [0.25, 0.3) is 0 Å². The Hall–Kier alpha value is -0.790. The molecule has 0 aliphatic carbocycles. The summed E-state index contributed by atoms with van der Waals surface area (Å²) in [4.78, 5) is 1.79. The molecular weight excluding hydrogens is 299 g/mol. The molecular formula is C13H19FN2O2S2. The number of nitrogens with zero attached hydrogens (tertiary/aromatic N) is 1. The molecule has 0 saturated carbocycles. The lowest BCUT2D eigenvalue weighted by molar-refractivity contribution is 0.578. The Kier molecular flexibility index (Phi) is 4.93. The maximum atomic E-state index is 13.6. The number of hydrogen-bond donors (Lipinski definition) is 1. The molecule has 20 heavy (non-hydrogen) atoms. The van der Waals surface area contributed by atoms with E-state index in [4.69, 9.17) is 5.73 Å². The SMILES string of the molecule is CCS(=O)(=O)C1CSCCN1c1cc(F)cc(CN)c1. The van der Waals surface area contributed by atoms with Crippen LogP contribution in [-0.2, 0) is 16.4 Å². The Bertz CT molecular complexity index is 578. The number of anilines is 1. The van der Waals surface area contributed by atoms with Crippen LogP contribution >= 0.6 is 11.8 Å². The van der Waals surface area contributed by atoms with E-state index >= 15 is 0 Å². The van der Waals surface area contributed by atoms with Crippen molar-refractivity contribution in [2.45, 2.75) is 18.8 Å². The van der Waals surface area contributed by atoms with Gasteiger partial charge in [-0.15, -0.1) is 0 Å². The quantitative estimate of drug-likeness (QED) is 0.913. The number of halogens is 1. The number of rotatable bonds is 4. The van der Waals surface area contributed by atoms with Crippen LogP contribution in [0.4, 0.5) is 10.1 Å². The molecule has 4 nitrogen and oxygen atoms in total. The third-order valence-corrected chi connectivity index (χ3v) is 6.70. The molecule has 2 N–H and O–H groups in total. The van der Waals surface area contributed by atoms with Gasteiger partial charge in [0.15, 0.2) is 9.84 Å². The number of benzene rings is 1. The molecule has 1 heterocycles. The van der Waals surface area contributed by atoms with Gasteiger partial charge in [-0.05, 0) is 23.8 Å². The smallest absolute Gasteiger partial charge is 0.171 e. The van der Waals surface area contributed by atoms with Gasteiger partial charge >= 0.3 is 0 Å². The van der Waals surface area contributed by atoms with Crippen molar-refractivity contribution in [3.63, 3.8) is 0 Å². The largest absolute Gasteiger partial charge is 0.353 e. The number of nitrogens with two attached hydrogens (primary N) is 1. The first kappa shape index (κ1) is 15.6. The van der Waals surface area contributed by atoms with E-state index in [1.807, 2.05) is 0 Å². The van der Waals surface area contributed by atoms with Gasteiger partial charge in [-0.1, -0.05) is 6.92 Å². The molecule has 1 aliphatic heterocycles. The molecule has 0 radical (unpaired) electrons. The van der Waals surface area contributed by atoms with Gasteiger partial charge in [0.1, 0.15) is 11.2 Å². The topological polar surface area (TPSA) is 63.4 Å². The van der Waals surface area contributed by atoms with E-state index in [0.717, 1.165) is 5.75 Å². The van der Waals surface area contributed by atoms with Crippen LogP contribution in [0.15, 0.2) is 18.2 Å². The highest BCUT2D eigenvalue weighted by molar-refractivity contribution is 8.01. The standard InChI is InChI=1S/C13H19FN2O2S2/c1-2-20(17,18)13-9-19-4-3-16(13)12-6-10(8-15)5-11(14)7-12/h5-7,13H,2-4,8-9,15H2,1H3. The second-order valence-electron chi connectivity index (χ2n) is 4.70. The second-order valence-corrected chi connectivity index (χ2v) is 8.29. The van der Waals surface area contributed by atoms with E-state index in [1.165, 1.54) is 12.1 Å². The van der Waals surface area contributed by atoms with Gasteiger partial charge in [-0.3, -0.25) is 0 Å². The molecule has 1 aromatic rings. The Labute approximate surface area is 123 Å². The number of thioether (sulfide) groups is 1. The van der Waals surface area contributed by atoms with Crippen LogP contribution in [0.1, 0.15) is 12.5 Å². The molecule has 0 aromatic heterocycles. The van der Waals surface area contributed by atoms with E-state index in [2.05, 4.69) is 0 Å². The maximum absolute atomic E-state index is 13.6. The minimum Gasteiger partial charge on any atom is -0.353 e. The first-order chi connectivity index (χ1) is 9.47. The Morgan fingerprint density at radius 1 is 1.45 bits per heavy atom. The molecule has 0 amide bonds. The van der Waals surface area contributed by atoms with Gasteiger partial charge < -0.3 is 10.6 Å². The minimum atomic E-state index is -3.20. The van der Waals surface area contributed by atoms with E-state index in [1.54, 1.807) is 29.7 Å². The van der Waals surface area contributed by atoms with Gasteiger partial charge in [0, 0.05) is 36.0 Å². The molecule has 1 atom stereocenters. The van der Waals surface area contributed by atoms with Crippen LogP contribution in [0.2, 0.25) is 0 Å². The summed E-state index contributed by atoms with van der Waals surface area (Å²) in [5.74, 6) is 1.07. The lowest BCUT2D eigenvalue weighted by Gasteiger charge is -2.36. The molecule has 0 spiro atoms. The average Bonchev–Trinajstić information content (AvgIpc) is 2.46. The predicted octanol–water partition coefficient (Wildman–Crippen LogP) is 1.60. The summed E-state index contributed by atoms with van der Waals surface area (Å²) >= 11 is 1.62. The zero-order valence-corrected chi connectivity index (χ0v) is 13.0. The average molecular weight is 318 g/mol. The first-order valence-corrected chi connectivity index (χ1v) is 9.40. The van der Waals surface area contributed by atoms with Crippen LogP contribution in [-0.4, -0.2) is 37.6 Å². The number of sulfone groups is 1. The van der Waals surface area contributed by atoms with Crippen molar-refractivity contribution in [1.82, 2.24) is 0 Å². The van der Waals surface area contributed by atoms with Crippen molar-refractivity contribution in [3.05, 3.63) is 29.6 Å². The number of hydrogen-bond acceptors (Lipinski definition) is 5. The monoisotopic (exact) mass is 318 g/mol. The third kappa shape index (κ3) is 3.27. The van der Waals surface area contributed by atoms with Crippen LogP contribution in [0.5, 0.6) is 0 Å². The van der Waals surface area contributed by atoms with Gasteiger partial charge in [-0.2, -0.15) is 11.8 Å². The molecule has 112 valence electrons. The summed E-state index contributed by atoms with van der Waals surface area (Å²) < 4.78 is 38.0. The predicted molar refractivity (Wildman–Crippen MR) is 82.2 cm³/mol. The molecule has 1 aliphatic rings. The van der Waals surface area contributed by atoms with Gasteiger partial charge in [0.05, 0.1) is 0 Å². The molecule has 2 rings (SSSR count). The van der Waals surface area contributed by atoms with E-state index in [9.17, 15) is 12.8 Å². The van der Waals surface area contributed by atoms with Crippen molar-refractivity contribution in [2.75, 3.05) is 28.7 Å². The van der Waals surface area contributed by atoms with Crippen molar-refractivity contribution < 1.29 is 12.8 Å². The van der Waals surface area contributed by atoms with Gasteiger partial charge in [0.2, 0.25) is 0 Å². The first-order valence-electron chi connectivity index (χ1n) is 6.53. The Balaban J connectivity index is 2.40. The van der Waals surface area contributed by atoms with Gasteiger partial charge in [-0.25, -0.2) is 12.8 Å². The third-order valence-electron chi connectivity index (χ3n) is 3.41.